The molecule has 0 aliphatic rings. The van der Waals surface area contributed by atoms with E-state index in [1.54, 1.807) is 55.7 Å². The Labute approximate surface area is 150 Å². The average molecular weight is 356 g/mol. The number of fused-ring (bicyclic) bond motifs is 1. The molecular formula is C19H20N2O3S. The first-order valence-corrected chi connectivity index (χ1v) is 8.71. The van der Waals surface area contributed by atoms with Gasteiger partial charge >= 0.3 is 0 Å². The zero-order valence-corrected chi connectivity index (χ0v) is 15.5. The van der Waals surface area contributed by atoms with Crippen LogP contribution in [0.3, 0.4) is 0 Å². The van der Waals surface area contributed by atoms with Crippen molar-refractivity contribution >= 4 is 27.5 Å². The van der Waals surface area contributed by atoms with Crippen LogP contribution in [0.15, 0.2) is 42.5 Å². The number of para-hydroxylation sites is 1. The third-order valence-electron chi connectivity index (χ3n) is 4.17. The van der Waals surface area contributed by atoms with Crippen LogP contribution in [-0.4, -0.2) is 37.1 Å². The molecule has 3 aromatic rings. The molecule has 0 radical (unpaired) electrons. The number of ether oxygens (including phenoxy) is 2. The van der Waals surface area contributed by atoms with Gasteiger partial charge in [-0.05, 0) is 31.2 Å². The van der Waals surface area contributed by atoms with Gasteiger partial charge in [0.05, 0.1) is 30.5 Å². The van der Waals surface area contributed by atoms with Crippen molar-refractivity contribution in [3.8, 4) is 11.5 Å². The number of benzene rings is 2. The zero-order chi connectivity index (χ0) is 18.0. The normalized spacial score (nSPS) is 12.0. The molecule has 5 nitrogen and oxygen atoms in total. The lowest BCUT2D eigenvalue weighted by Crippen LogP contribution is -2.29. The molecule has 3 rings (SSSR count). The number of aromatic nitrogens is 1. The van der Waals surface area contributed by atoms with Gasteiger partial charge in [-0.1, -0.05) is 12.1 Å². The summed E-state index contributed by atoms with van der Waals surface area (Å²) in [4.78, 5) is 19.2. The maximum Gasteiger partial charge on any atom is 0.254 e. The first-order chi connectivity index (χ1) is 12.0. The predicted molar refractivity (Wildman–Crippen MR) is 99.7 cm³/mol. The van der Waals surface area contributed by atoms with Gasteiger partial charge in [-0.2, -0.15) is 0 Å². The molecule has 1 heterocycles. The molecule has 0 saturated heterocycles. The number of hydrogen-bond donors (Lipinski definition) is 0. The fraction of sp³-hybridized carbons (Fsp3) is 0.263. The third-order valence-corrected chi connectivity index (χ3v) is 5.37. The topological polar surface area (TPSA) is 51.7 Å². The van der Waals surface area contributed by atoms with Crippen molar-refractivity contribution in [2.24, 2.45) is 0 Å². The van der Waals surface area contributed by atoms with Crippen LogP contribution >= 0.6 is 11.3 Å². The summed E-state index contributed by atoms with van der Waals surface area (Å²) < 4.78 is 11.6. The Hall–Kier alpha value is -2.60. The van der Waals surface area contributed by atoms with Gasteiger partial charge in [0.15, 0.2) is 0 Å². The number of amides is 1. The molecule has 0 N–H and O–H groups in total. The first-order valence-electron chi connectivity index (χ1n) is 7.89. The van der Waals surface area contributed by atoms with E-state index >= 15 is 0 Å². The second kappa shape index (κ2) is 7.11. The number of thiazole rings is 1. The Bertz CT molecular complexity index is 851. The Morgan fingerprint density at radius 1 is 1.12 bits per heavy atom. The molecule has 1 unspecified atom stereocenters. The van der Waals surface area contributed by atoms with Gasteiger partial charge in [0, 0.05) is 18.7 Å². The summed E-state index contributed by atoms with van der Waals surface area (Å²) in [5.74, 6) is 1.07. The summed E-state index contributed by atoms with van der Waals surface area (Å²) in [6.07, 6.45) is 0. The number of nitrogens with zero attached hydrogens (tertiary/aromatic N) is 2. The van der Waals surface area contributed by atoms with Crippen LogP contribution in [-0.2, 0) is 0 Å². The van der Waals surface area contributed by atoms with E-state index in [2.05, 4.69) is 4.98 Å². The summed E-state index contributed by atoms with van der Waals surface area (Å²) >= 11 is 1.61. The quantitative estimate of drug-likeness (QED) is 0.689. The van der Waals surface area contributed by atoms with Crippen molar-refractivity contribution in [2.45, 2.75) is 13.0 Å². The fourth-order valence-electron chi connectivity index (χ4n) is 2.54. The van der Waals surface area contributed by atoms with Crippen LogP contribution < -0.4 is 9.47 Å². The molecule has 6 heteroatoms. The summed E-state index contributed by atoms with van der Waals surface area (Å²) in [6.45, 7) is 1.98. The highest BCUT2D eigenvalue weighted by Crippen LogP contribution is 2.30. The van der Waals surface area contributed by atoms with Crippen molar-refractivity contribution in [2.75, 3.05) is 21.3 Å². The second-order valence-electron chi connectivity index (χ2n) is 5.71. The monoisotopic (exact) mass is 356 g/mol. The number of carbonyl (C=O) groups excluding carboxylic acids is 1. The molecule has 2 aromatic carbocycles. The van der Waals surface area contributed by atoms with Crippen molar-refractivity contribution in [1.82, 2.24) is 9.88 Å². The molecule has 1 aromatic heterocycles. The van der Waals surface area contributed by atoms with Gasteiger partial charge in [-0.3, -0.25) is 4.79 Å². The summed E-state index contributed by atoms with van der Waals surface area (Å²) in [7, 11) is 4.91. The molecule has 0 spiro atoms. The minimum absolute atomic E-state index is 0.107. The summed E-state index contributed by atoms with van der Waals surface area (Å²) in [5, 5.41) is 0.909. The molecule has 130 valence electrons. The van der Waals surface area contributed by atoms with E-state index in [-0.39, 0.29) is 11.9 Å². The Morgan fingerprint density at radius 3 is 2.36 bits per heavy atom. The van der Waals surface area contributed by atoms with Crippen LogP contribution in [0.1, 0.15) is 28.3 Å². The highest BCUT2D eigenvalue weighted by atomic mass is 32.1. The van der Waals surface area contributed by atoms with Crippen LogP contribution in [0.4, 0.5) is 0 Å². The number of rotatable bonds is 5. The minimum atomic E-state index is -0.137. The van der Waals surface area contributed by atoms with Crippen molar-refractivity contribution in [3.63, 3.8) is 0 Å². The van der Waals surface area contributed by atoms with Gasteiger partial charge < -0.3 is 14.4 Å². The van der Waals surface area contributed by atoms with E-state index in [1.807, 2.05) is 31.2 Å². The SMILES string of the molecule is COc1cc(OC)cc(C(=O)N(C)C(C)c2nc3ccccc3s2)c1. The maximum absolute atomic E-state index is 12.9. The Morgan fingerprint density at radius 2 is 1.76 bits per heavy atom. The molecule has 1 atom stereocenters. The minimum Gasteiger partial charge on any atom is -0.497 e. The molecule has 0 aliphatic heterocycles. The van der Waals surface area contributed by atoms with Gasteiger partial charge in [0.1, 0.15) is 16.5 Å². The van der Waals surface area contributed by atoms with E-state index in [9.17, 15) is 4.79 Å². The average Bonchev–Trinajstić information content (AvgIpc) is 3.09. The number of methoxy groups -OCH3 is 2. The Balaban J connectivity index is 1.88. The highest BCUT2D eigenvalue weighted by molar-refractivity contribution is 7.18. The van der Waals surface area contributed by atoms with Crippen LogP contribution in [0, 0.1) is 0 Å². The van der Waals surface area contributed by atoms with E-state index in [4.69, 9.17) is 9.47 Å². The van der Waals surface area contributed by atoms with Crippen LogP contribution in [0.2, 0.25) is 0 Å². The molecule has 1 amide bonds. The molecule has 0 saturated carbocycles. The fourth-order valence-corrected chi connectivity index (χ4v) is 3.61. The number of hydrogen-bond acceptors (Lipinski definition) is 5. The van der Waals surface area contributed by atoms with Crippen LogP contribution in [0.25, 0.3) is 10.2 Å². The standard InChI is InChI=1S/C19H20N2O3S/c1-12(18-20-16-7-5-6-8-17(16)25-18)21(2)19(22)13-9-14(23-3)11-15(10-13)24-4/h5-12H,1-4H3. The van der Waals surface area contributed by atoms with Gasteiger partial charge in [-0.15, -0.1) is 11.3 Å². The van der Waals surface area contributed by atoms with E-state index in [1.165, 1.54) is 0 Å². The van der Waals surface area contributed by atoms with Gasteiger partial charge in [0.25, 0.3) is 5.91 Å². The number of carbonyl (C=O) groups is 1. The smallest absolute Gasteiger partial charge is 0.254 e. The molecule has 25 heavy (non-hydrogen) atoms. The largest absolute Gasteiger partial charge is 0.497 e. The lowest BCUT2D eigenvalue weighted by molar-refractivity contribution is 0.0742. The highest BCUT2D eigenvalue weighted by Gasteiger charge is 2.22. The van der Waals surface area contributed by atoms with Crippen molar-refractivity contribution in [3.05, 3.63) is 53.0 Å². The molecular weight excluding hydrogens is 336 g/mol. The molecule has 0 fully saturated rings. The third kappa shape index (κ3) is 3.44. The first kappa shape index (κ1) is 17.2. The Kier molecular flexibility index (Phi) is 4.90. The van der Waals surface area contributed by atoms with E-state index in [0.29, 0.717) is 17.1 Å². The zero-order valence-electron chi connectivity index (χ0n) is 14.6. The maximum atomic E-state index is 12.9. The van der Waals surface area contributed by atoms with Gasteiger partial charge in [0.2, 0.25) is 0 Å². The predicted octanol–water partition coefficient (Wildman–Crippen LogP) is 4.15. The van der Waals surface area contributed by atoms with Crippen molar-refractivity contribution < 1.29 is 14.3 Å². The summed E-state index contributed by atoms with van der Waals surface area (Å²) in [6, 6.07) is 13.0. The van der Waals surface area contributed by atoms with Crippen molar-refractivity contribution in [1.29, 1.82) is 0 Å². The summed E-state index contributed by atoms with van der Waals surface area (Å²) in [5.41, 5.74) is 1.48. The lowest BCUT2D eigenvalue weighted by atomic mass is 10.1. The molecule has 0 bridgehead atoms. The van der Waals surface area contributed by atoms with Gasteiger partial charge in [-0.25, -0.2) is 4.98 Å². The van der Waals surface area contributed by atoms with Crippen LogP contribution in [0.5, 0.6) is 11.5 Å². The molecule has 0 aliphatic carbocycles. The van der Waals surface area contributed by atoms with E-state index < -0.39 is 0 Å². The lowest BCUT2D eigenvalue weighted by Gasteiger charge is -2.23. The second-order valence-corrected chi connectivity index (χ2v) is 6.78. The van der Waals surface area contributed by atoms with E-state index in [0.717, 1.165) is 15.2 Å².